The molecule has 0 atom stereocenters. The van der Waals surface area contributed by atoms with Gasteiger partial charge in [0.05, 0.1) is 16.6 Å². The highest BCUT2D eigenvalue weighted by Crippen LogP contribution is 2.14. The van der Waals surface area contributed by atoms with Gasteiger partial charge in [0.15, 0.2) is 0 Å². The monoisotopic (exact) mass is 263 g/mol. The van der Waals surface area contributed by atoms with Crippen molar-refractivity contribution in [2.75, 3.05) is 0 Å². The molecule has 0 amide bonds. The minimum absolute atomic E-state index is 0.0605. The quantitative estimate of drug-likeness (QED) is 0.659. The zero-order valence-electron chi connectivity index (χ0n) is 11.0. The lowest BCUT2D eigenvalue weighted by atomic mass is 10.1. The van der Waals surface area contributed by atoms with Gasteiger partial charge in [-0.2, -0.15) is 0 Å². The van der Waals surface area contributed by atoms with Gasteiger partial charge in [0.1, 0.15) is 11.8 Å². The Labute approximate surface area is 116 Å². The van der Waals surface area contributed by atoms with E-state index in [4.69, 9.17) is 4.42 Å². The second-order valence-electron chi connectivity index (χ2n) is 4.61. The van der Waals surface area contributed by atoms with Crippen LogP contribution in [-0.2, 0) is 0 Å². The summed E-state index contributed by atoms with van der Waals surface area (Å²) in [5.41, 5.74) is 2.82. The maximum atomic E-state index is 12.4. The number of hydrogen-bond donors (Lipinski definition) is 0. The van der Waals surface area contributed by atoms with Gasteiger partial charge in [0.25, 0.3) is 0 Å². The third kappa shape index (κ3) is 2.38. The molecule has 1 aromatic heterocycles. The molecule has 0 radical (unpaired) electrons. The van der Waals surface area contributed by atoms with Crippen molar-refractivity contribution in [3.8, 4) is 0 Å². The number of fused-ring (bicyclic) bond motifs is 1. The van der Waals surface area contributed by atoms with Crippen LogP contribution in [0.2, 0.25) is 0 Å². The molecule has 20 heavy (non-hydrogen) atoms. The van der Waals surface area contributed by atoms with Gasteiger partial charge in [-0.3, -0.25) is 9.79 Å². The Kier molecular flexibility index (Phi) is 3.17. The number of benzene rings is 2. The Morgan fingerprint density at radius 3 is 2.70 bits per heavy atom. The zero-order valence-corrected chi connectivity index (χ0v) is 11.0. The highest BCUT2D eigenvalue weighted by molar-refractivity contribution is 5.87. The first-order valence-corrected chi connectivity index (χ1v) is 6.35. The fourth-order valence-electron chi connectivity index (χ4n) is 2.01. The zero-order chi connectivity index (χ0) is 13.9. The van der Waals surface area contributed by atoms with Crippen LogP contribution in [0.5, 0.6) is 0 Å². The summed E-state index contributed by atoms with van der Waals surface area (Å²) in [5.74, 6) is 0. The largest absolute Gasteiger partial charge is 0.463 e. The third-order valence-electron chi connectivity index (χ3n) is 3.06. The van der Waals surface area contributed by atoms with Gasteiger partial charge in [-0.05, 0) is 31.2 Å². The molecule has 1 heterocycles. The normalized spacial score (nSPS) is 11.2. The highest BCUT2D eigenvalue weighted by Gasteiger charge is 2.05. The van der Waals surface area contributed by atoms with Crippen molar-refractivity contribution >= 4 is 22.9 Å². The fraction of sp³-hybridized carbons (Fsp3) is 0.0588. The van der Waals surface area contributed by atoms with Crippen molar-refractivity contribution in [1.29, 1.82) is 0 Å². The van der Waals surface area contributed by atoms with Crippen LogP contribution in [0.25, 0.3) is 11.0 Å². The molecule has 3 heteroatoms. The van der Waals surface area contributed by atoms with Crippen LogP contribution in [0, 0.1) is 6.92 Å². The number of nitrogens with zero attached hydrogens (tertiary/aromatic N) is 1. The lowest BCUT2D eigenvalue weighted by Gasteiger charge is -1.99. The Morgan fingerprint density at radius 2 is 1.90 bits per heavy atom. The summed E-state index contributed by atoms with van der Waals surface area (Å²) in [6, 6.07) is 15.0. The maximum absolute atomic E-state index is 12.4. The summed E-state index contributed by atoms with van der Waals surface area (Å²) in [6.45, 7) is 1.95. The van der Waals surface area contributed by atoms with E-state index in [1.165, 1.54) is 6.26 Å². The predicted molar refractivity (Wildman–Crippen MR) is 80.9 cm³/mol. The first-order chi connectivity index (χ1) is 9.74. The minimum atomic E-state index is -0.0605. The van der Waals surface area contributed by atoms with E-state index in [2.05, 4.69) is 4.99 Å². The molecule has 0 fully saturated rings. The van der Waals surface area contributed by atoms with Gasteiger partial charge in [-0.25, -0.2) is 0 Å². The summed E-state index contributed by atoms with van der Waals surface area (Å²) >= 11 is 0. The maximum Gasteiger partial charge on any atom is 0.201 e. The first kappa shape index (κ1) is 12.4. The van der Waals surface area contributed by atoms with Crippen molar-refractivity contribution in [3.05, 3.63) is 76.1 Å². The molecular formula is C17H13NO2. The van der Waals surface area contributed by atoms with E-state index in [1.807, 2.05) is 55.5 Å². The molecule has 0 saturated heterocycles. The molecule has 98 valence electrons. The van der Waals surface area contributed by atoms with Crippen LogP contribution < -0.4 is 5.43 Å². The van der Waals surface area contributed by atoms with Gasteiger partial charge in [-0.1, -0.05) is 29.8 Å². The second-order valence-corrected chi connectivity index (χ2v) is 4.61. The third-order valence-corrected chi connectivity index (χ3v) is 3.06. The number of aryl methyl sites for hydroxylation is 1. The molecule has 3 nitrogen and oxygen atoms in total. The fourth-order valence-corrected chi connectivity index (χ4v) is 2.01. The van der Waals surface area contributed by atoms with Crippen LogP contribution >= 0.6 is 0 Å². The minimum Gasteiger partial charge on any atom is -0.463 e. The van der Waals surface area contributed by atoms with Gasteiger partial charge < -0.3 is 4.42 Å². The Morgan fingerprint density at radius 1 is 1.10 bits per heavy atom. The van der Waals surface area contributed by atoms with Crippen LogP contribution in [0.4, 0.5) is 5.69 Å². The van der Waals surface area contributed by atoms with E-state index in [9.17, 15) is 4.79 Å². The number of para-hydroxylation sites is 1. The lowest BCUT2D eigenvalue weighted by molar-refractivity contribution is 0.601. The molecule has 0 aliphatic heterocycles. The Balaban J connectivity index is 2.07. The molecule has 0 aliphatic rings. The first-order valence-electron chi connectivity index (χ1n) is 6.35. The summed E-state index contributed by atoms with van der Waals surface area (Å²) in [5, 5.41) is 0.585. The van der Waals surface area contributed by atoms with E-state index in [-0.39, 0.29) is 5.43 Å². The van der Waals surface area contributed by atoms with E-state index in [0.717, 1.165) is 11.3 Å². The van der Waals surface area contributed by atoms with Crippen molar-refractivity contribution in [2.24, 2.45) is 4.99 Å². The van der Waals surface area contributed by atoms with E-state index < -0.39 is 0 Å². The number of rotatable bonds is 2. The van der Waals surface area contributed by atoms with Crippen molar-refractivity contribution < 1.29 is 4.42 Å². The van der Waals surface area contributed by atoms with E-state index in [0.29, 0.717) is 16.5 Å². The summed E-state index contributed by atoms with van der Waals surface area (Å²) < 4.78 is 5.48. The molecule has 0 bridgehead atoms. The Hall–Kier alpha value is -2.68. The molecule has 3 aromatic rings. The van der Waals surface area contributed by atoms with Crippen LogP contribution in [0.15, 0.2) is 69.0 Å². The molecule has 2 aromatic carbocycles. The van der Waals surface area contributed by atoms with Crippen molar-refractivity contribution in [3.63, 3.8) is 0 Å². The topological polar surface area (TPSA) is 42.6 Å². The van der Waals surface area contributed by atoms with Crippen LogP contribution in [0.1, 0.15) is 11.1 Å². The van der Waals surface area contributed by atoms with Crippen molar-refractivity contribution in [1.82, 2.24) is 0 Å². The standard InChI is InChI=1S/C17H13NO2/c1-12-7-8-16-15(9-12)17(19)13(11-20-16)10-18-14-5-3-2-4-6-14/h2-11H,1H3. The van der Waals surface area contributed by atoms with Crippen LogP contribution in [-0.4, -0.2) is 6.21 Å². The lowest BCUT2D eigenvalue weighted by Crippen LogP contribution is -2.07. The summed E-state index contributed by atoms with van der Waals surface area (Å²) in [6.07, 6.45) is 3.00. The number of aliphatic imine (C=N–C) groups is 1. The van der Waals surface area contributed by atoms with Crippen molar-refractivity contribution in [2.45, 2.75) is 6.92 Å². The average molecular weight is 263 g/mol. The molecule has 0 unspecified atom stereocenters. The summed E-state index contributed by atoms with van der Waals surface area (Å²) in [4.78, 5) is 16.6. The predicted octanol–water partition coefficient (Wildman–Crippen LogP) is 3.85. The summed E-state index contributed by atoms with van der Waals surface area (Å²) in [7, 11) is 0. The van der Waals surface area contributed by atoms with Crippen LogP contribution in [0.3, 0.4) is 0 Å². The molecule has 0 spiro atoms. The van der Waals surface area contributed by atoms with Gasteiger partial charge in [0, 0.05) is 6.21 Å². The van der Waals surface area contributed by atoms with E-state index >= 15 is 0 Å². The SMILES string of the molecule is Cc1ccc2occ(C=Nc3ccccc3)c(=O)c2c1. The molecule has 0 aliphatic carbocycles. The molecule has 3 rings (SSSR count). The Bertz CT molecular complexity index is 832. The van der Waals surface area contributed by atoms with Gasteiger partial charge >= 0.3 is 0 Å². The average Bonchev–Trinajstić information content (AvgIpc) is 2.48. The smallest absolute Gasteiger partial charge is 0.201 e. The van der Waals surface area contributed by atoms with Gasteiger partial charge in [0.2, 0.25) is 5.43 Å². The second kappa shape index (κ2) is 5.13. The van der Waals surface area contributed by atoms with Gasteiger partial charge in [-0.15, -0.1) is 0 Å². The molecule has 0 N–H and O–H groups in total. The van der Waals surface area contributed by atoms with E-state index in [1.54, 1.807) is 6.21 Å². The number of hydrogen-bond acceptors (Lipinski definition) is 3. The highest BCUT2D eigenvalue weighted by atomic mass is 16.3. The molecule has 0 saturated carbocycles. The molecular weight excluding hydrogens is 250 g/mol.